The molecular formula is C14H11BrNO3S2-. The Morgan fingerprint density at radius 3 is 2.67 bits per heavy atom. The summed E-state index contributed by atoms with van der Waals surface area (Å²) in [5.41, 5.74) is 0.911. The van der Waals surface area contributed by atoms with Gasteiger partial charge in [-0.15, -0.1) is 0 Å². The van der Waals surface area contributed by atoms with Gasteiger partial charge in [-0.3, -0.25) is 9.69 Å². The summed E-state index contributed by atoms with van der Waals surface area (Å²) in [6.07, 6.45) is 2.04. The third-order valence-electron chi connectivity index (χ3n) is 2.80. The molecule has 7 heteroatoms. The number of halogens is 1. The monoisotopic (exact) mass is 384 g/mol. The van der Waals surface area contributed by atoms with Crippen LogP contribution in [-0.2, 0) is 9.59 Å². The average Bonchev–Trinajstić information content (AvgIpc) is 2.68. The van der Waals surface area contributed by atoms with Crippen LogP contribution < -0.4 is 5.11 Å². The molecule has 0 radical (unpaired) electrons. The number of carbonyl (C=O) groups excluding carboxylic acids is 2. The fourth-order valence-electron chi connectivity index (χ4n) is 1.78. The van der Waals surface area contributed by atoms with Gasteiger partial charge in [0.1, 0.15) is 4.32 Å². The van der Waals surface area contributed by atoms with Crippen LogP contribution in [0, 0.1) is 0 Å². The molecule has 0 aliphatic carbocycles. The summed E-state index contributed by atoms with van der Waals surface area (Å²) in [6, 6.07) is 7.58. The van der Waals surface area contributed by atoms with E-state index in [1.807, 2.05) is 24.3 Å². The minimum absolute atomic E-state index is 0.0805. The minimum atomic E-state index is -1.12. The van der Waals surface area contributed by atoms with E-state index in [4.69, 9.17) is 12.2 Å². The van der Waals surface area contributed by atoms with E-state index in [1.165, 1.54) is 16.7 Å². The Balaban J connectivity index is 2.06. The molecule has 0 aromatic heterocycles. The lowest BCUT2D eigenvalue weighted by atomic mass is 10.2. The predicted octanol–water partition coefficient (Wildman–Crippen LogP) is 2.18. The Morgan fingerprint density at radius 1 is 1.38 bits per heavy atom. The zero-order chi connectivity index (χ0) is 15.4. The van der Waals surface area contributed by atoms with Gasteiger partial charge in [-0.2, -0.15) is 0 Å². The minimum Gasteiger partial charge on any atom is -0.550 e. The first-order chi connectivity index (χ1) is 9.97. The van der Waals surface area contributed by atoms with Crippen LogP contribution in [0.3, 0.4) is 0 Å². The Labute approximate surface area is 140 Å². The number of hydrogen-bond donors (Lipinski definition) is 0. The van der Waals surface area contributed by atoms with Gasteiger partial charge in [0, 0.05) is 17.0 Å². The van der Waals surface area contributed by atoms with Crippen molar-refractivity contribution in [2.45, 2.75) is 12.8 Å². The number of aliphatic carboxylic acids is 1. The van der Waals surface area contributed by atoms with Gasteiger partial charge < -0.3 is 9.90 Å². The van der Waals surface area contributed by atoms with Gasteiger partial charge in [-0.05, 0) is 36.6 Å². The van der Waals surface area contributed by atoms with Gasteiger partial charge in [0.25, 0.3) is 5.91 Å². The maximum absolute atomic E-state index is 12.2. The molecule has 0 atom stereocenters. The molecule has 110 valence electrons. The van der Waals surface area contributed by atoms with Crippen molar-refractivity contribution < 1.29 is 14.7 Å². The highest BCUT2D eigenvalue weighted by atomic mass is 79.9. The fourth-order valence-corrected chi connectivity index (χ4v) is 3.36. The molecule has 1 amide bonds. The van der Waals surface area contributed by atoms with Gasteiger partial charge in [-0.1, -0.05) is 52.0 Å². The quantitative estimate of drug-likeness (QED) is 0.575. The smallest absolute Gasteiger partial charge is 0.266 e. The molecule has 1 saturated heterocycles. The van der Waals surface area contributed by atoms with Crippen LogP contribution in [0.1, 0.15) is 18.4 Å². The number of thioether (sulfide) groups is 1. The molecule has 21 heavy (non-hydrogen) atoms. The average molecular weight is 385 g/mol. The SMILES string of the molecule is O=C([O-])CCCN1C(=O)/C(=C/c2ccc(Br)cc2)SC1=S. The summed E-state index contributed by atoms with van der Waals surface area (Å²) in [4.78, 5) is 24.6. The second kappa shape index (κ2) is 7.20. The van der Waals surface area contributed by atoms with Gasteiger partial charge in [0.15, 0.2) is 0 Å². The van der Waals surface area contributed by atoms with Crippen molar-refractivity contribution in [3.05, 3.63) is 39.2 Å². The molecule has 1 aromatic rings. The second-order valence-electron chi connectivity index (χ2n) is 4.36. The number of thiocarbonyl (C=S) groups is 1. The van der Waals surface area contributed by atoms with Gasteiger partial charge in [0.05, 0.1) is 4.91 Å². The van der Waals surface area contributed by atoms with Crippen molar-refractivity contribution in [2.75, 3.05) is 6.54 Å². The molecule has 1 fully saturated rings. The van der Waals surface area contributed by atoms with Crippen molar-refractivity contribution in [1.82, 2.24) is 4.90 Å². The first kappa shape index (κ1) is 16.2. The number of rotatable bonds is 5. The molecule has 1 aromatic carbocycles. The van der Waals surface area contributed by atoms with E-state index >= 15 is 0 Å². The van der Waals surface area contributed by atoms with Crippen LogP contribution in [0.4, 0.5) is 0 Å². The number of amides is 1. The number of hydrogen-bond acceptors (Lipinski definition) is 5. The van der Waals surface area contributed by atoms with Crippen LogP contribution in [0.2, 0.25) is 0 Å². The van der Waals surface area contributed by atoms with Gasteiger partial charge >= 0.3 is 0 Å². The zero-order valence-electron chi connectivity index (χ0n) is 10.9. The highest BCUT2D eigenvalue weighted by Crippen LogP contribution is 2.32. The van der Waals surface area contributed by atoms with Crippen molar-refractivity contribution >= 4 is 62.2 Å². The summed E-state index contributed by atoms with van der Waals surface area (Å²) >= 11 is 9.76. The molecule has 2 rings (SSSR count). The van der Waals surface area contributed by atoms with Crippen LogP contribution in [-0.4, -0.2) is 27.6 Å². The highest BCUT2D eigenvalue weighted by molar-refractivity contribution is 9.10. The van der Waals surface area contributed by atoms with Crippen molar-refractivity contribution in [1.29, 1.82) is 0 Å². The van der Waals surface area contributed by atoms with Crippen LogP contribution in [0.25, 0.3) is 6.08 Å². The third-order valence-corrected chi connectivity index (χ3v) is 4.71. The maximum Gasteiger partial charge on any atom is 0.266 e. The largest absolute Gasteiger partial charge is 0.550 e. The van der Waals surface area contributed by atoms with E-state index in [1.54, 1.807) is 6.08 Å². The molecule has 0 bridgehead atoms. The standard InChI is InChI=1S/C14H12BrNO3S2/c15-10-5-3-9(4-6-10)8-11-13(19)16(14(20)21-11)7-1-2-12(17)18/h3-6,8H,1-2,7H2,(H,17,18)/p-1/b11-8-. The fraction of sp³-hybridized carbons (Fsp3) is 0.214. The van der Waals surface area contributed by atoms with Crippen LogP contribution in [0.15, 0.2) is 33.6 Å². The van der Waals surface area contributed by atoms with E-state index < -0.39 is 5.97 Å². The van der Waals surface area contributed by atoms with Crippen LogP contribution in [0.5, 0.6) is 0 Å². The summed E-state index contributed by atoms with van der Waals surface area (Å²) in [7, 11) is 0. The van der Waals surface area contributed by atoms with Crippen LogP contribution >= 0.6 is 39.9 Å². The molecule has 1 aliphatic heterocycles. The summed E-state index contributed by atoms with van der Waals surface area (Å²) in [6.45, 7) is 0.302. The molecule has 0 saturated carbocycles. The van der Waals surface area contributed by atoms with E-state index in [-0.39, 0.29) is 12.3 Å². The maximum atomic E-state index is 12.2. The number of carbonyl (C=O) groups is 2. The lowest BCUT2D eigenvalue weighted by molar-refractivity contribution is -0.305. The third kappa shape index (κ3) is 4.39. The van der Waals surface area contributed by atoms with E-state index in [0.717, 1.165) is 10.0 Å². The van der Waals surface area contributed by atoms with Crippen molar-refractivity contribution in [3.63, 3.8) is 0 Å². The van der Waals surface area contributed by atoms with Crippen molar-refractivity contribution in [2.24, 2.45) is 0 Å². The lowest BCUT2D eigenvalue weighted by Gasteiger charge is -2.14. The number of benzene rings is 1. The second-order valence-corrected chi connectivity index (χ2v) is 6.95. The Bertz CT molecular complexity index is 613. The summed E-state index contributed by atoms with van der Waals surface area (Å²) in [5.74, 6) is -1.29. The molecule has 0 unspecified atom stereocenters. The first-order valence-corrected chi connectivity index (χ1v) is 8.20. The first-order valence-electron chi connectivity index (χ1n) is 6.18. The van der Waals surface area contributed by atoms with E-state index in [0.29, 0.717) is 22.2 Å². The number of carboxylic acid groups (broad SMARTS) is 1. The molecule has 0 N–H and O–H groups in total. The molecule has 0 spiro atoms. The van der Waals surface area contributed by atoms with Crippen molar-refractivity contribution in [3.8, 4) is 0 Å². The summed E-state index contributed by atoms with van der Waals surface area (Å²) in [5, 5.41) is 10.4. The number of nitrogens with zero attached hydrogens (tertiary/aromatic N) is 1. The predicted molar refractivity (Wildman–Crippen MR) is 88.3 cm³/mol. The highest BCUT2D eigenvalue weighted by Gasteiger charge is 2.31. The Hall–Kier alpha value is -1.18. The van der Waals surface area contributed by atoms with E-state index in [9.17, 15) is 14.7 Å². The zero-order valence-corrected chi connectivity index (χ0v) is 14.1. The molecule has 4 nitrogen and oxygen atoms in total. The molecule has 1 heterocycles. The topological polar surface area (TPSA) is 60.4 Å². The van der Waals surface area contributed by atoms with E-state index in [2.05, 4.69) is 15.9 Å². The van der Waals surface area contributed by atoms with Gasteiger partial charge in [-0.25, -0.2) is 0 Å². The molecule has 1 aliphatic rings. The lowest BCUT2D eigenvalue weighted by Crippen LogP contribution is -2.30. The normalized spacial score (nSPS) is 16.8. The number of carboxylic acids is 1. The summed E-state index contributed by atoms with van der Waals surface area (Å²) < 4.78 is 1.43. The van der Waals surface area contributed by atoms with Gasteiger partial charge in [0.2, 0.25) is 0 Å². The molecular weight excluding hydrogens is 374 g/mol. The Kier molecular flexibility index (Phi) is 5.55. The Morgan fingerprint density at radius 2 is 2.05 bits per heavy atom.